The molecular weight excluding hydrogens is 506 g/mol. The van der Waals surface area contributed by atoms with Gasteiger partial charge in [0, 0.05) is 17.0 Å². The molecule has 206 valence electrons. The van der Waals surface area contributed by atoms with Crippen molar-refractivity contribution in [3.63, 3.8) is 0 Å². The summed E-state index contributed by atoms with van der Waals surface area (Å²) in [6.07, 6.45) is 20.4. The summed E-state index contributed by atoms with van der Waals surface area (Å²) in [5.74, 6) is 0.101. The van der Waals surface area contributed by atoms with E-state index in [0.717, 1.165) is 42.7 Å². The average Bonchev–Trinajstić information content (AvgIpc) is 3.49. The fourth-order valence-corrected chi connectivity index (χ4v) is 7.54. The highest BCUT2D eigenvalue weighted by Gasteiger charge is 2.43. The summed E-state index contributed by atoms with van der Waals surface area (Å²) >= 11 is 0. The minimum absolute atomic E-state index is 0.0259. The third-order valence-electron chi connectivity index (χ3n) is 9.46. The van der Waals surface area contributed by atoms with E-state index < -0.39 is 0 Å². The van der Waals surface area contributed by atoms with Crippen LogP contribution in [0.1, 0.15) is 87.1 Å². The third kappa shape index (κ3) is 4.21. The lowest BCUT2D eigenvalue weighted by Gasteiger charge is -2.26. The Morgan fingerprint density at radius 1 is 0.929 bits per heavy atom. The van der Waals surface area contributed by atoms with Crippen LogP contribution < -0.4 is 0 Å². The van der Waals surface area contributed by atoms with Crippen LogP contribution in [0, 0.1) is 12.1 Å². The summed E-state index contributed by atoms with van der Waals surface area (Å²) in [6.45, 7) is 9.14. The summed E-state index contributed by atoms with van der Waals surface area (Å²) < 4.78 is 0. The standard InChI is InChI=1S/C41H37N/c1-5-28(29-16-8-6-9-17-29)26-37(30-18-10-7-11-19-30)42-27(2)38-32-21-12-13-22-33(32)39-35(38)25-24-34-31-20-14-15-23-36(31)41(3,4)40(34)39/h5,7-8,10,12-13,15-18,21-26,38H,6,9,14,20H2,1-4H3/b28-5-,37-26-,42-27?. The van der Waals surface area contributed by atoms with Gasteiger partial charge in [-0.1, -0.05) is 105 Å². The van der Waals surface area contributed by atoms with E-state index >= 15 is 0 Å². The van der Waals surface area contributed by atoms with Crippen LogP contribution in [0.3, 0.4) is 0 Å². The molecule has 0 saturated heterocycles. The number of rotatable bonds is 5. The lowest BCUT2D eigenvalue weighted by molar-refractivity contribution is 0.652. The SMILES string of the molecule is C/C=C(/C=C(\N=C(C)C1c2ccccc2-c2c1ccc1c2C(C)(C)C2=C1CCC=C2)c1c#cccc1)C1=CCCC=C1. The zero-order valence-corrected chi connectivity index (χ0v) is 25.1. The summed E-state index contributed by atoms with van der Waals surface area (Å²) in [5.41, 5.74) is 16.9. The van der Waals surface area contributed by atoms with Crippen molar-refractivity contribution in [2.45, 2.75) is 64.7 Å². The topological polar surface area (TPSA) is 12.4 Å². The molecular formula is C41H37N. The van der Waals surface area contributed by atoms with E-state index in [1.54, 1.807) is 0 Å². The van der Waals surface area contributed by atoms with Crippen LogP contribution in [0.2, 0.25) is 0 Å². The second-order valence-corrected chi connectivity index (χ2v) is 12.3. The van der Waals surface area contributed by atoms with Crippen molar-refractivity contribution in [2.75, 3.05) is 0 Å². The molecule has 0 aromatic heterocycles. The number of aliphatic imine (C=N–C) groups is 1. The van der Waals surface area contributed by atoms with Crippen molar-refractivity contribution in [2.24, 2.45) is 4.99 Å². The molecule has 1 heteroatoms. The Kier molecular flexibility index (Phi) is 6.59. The van der Waals surface area contributed by atoms with E-state index in [9.17, 15) is 0 Å². The number of hydrogen-bond acceptors (Lipinski definition) is 1. The van der Waals surface area contributed by atoms with Gasteiger partial charge in [0.15, 0.2) is 0 Å². The van der Waals surface area contributed by atoms with Crippen molar-refractivity contribution in [3.8, 4) is 11.1 Å². The Labute approximate surface area is 251 Å². The van der Waals surface area contributed by atoms with Gasteiger partial charge in [0.2, 0.25) is 0 Å². The van der Waals surface area contributed by atoms with Gasteiger partial charge >= 0.3 is 0 Å². The molecule has 0 amide bonds. The first-order valence-electron chi connectivity index (χ1n) is 15.3. The van der Waals surface area contributed by atoms with Crippen LogP contribution in [-0.4, -0.2) is 5.71 Å². The number of nitrogens with zero attached hydrogens (tertiary/aromatic N) is 1. The molecule has 0 fully saturated rings. The molecule has 3 aromatic rings. The van der Waals surface area contributed by atoms with E-state index in [0.29, 0.717) is 0 Å². The minimum atomic E-state index is -0.0259. The summed E-state index contributed by atoms with van der Waals surface area (Å²) in [6, 6.07) is 26.3. The number of benzene rings is 2. The molecule has 0 N–H and O–H groups in total. The molecule has 0 spiro atoms. The van der Waals surface area contributed by atoms with Crippen LogP contribution >= 0.6 is 0 Å². The predicted molar refractivity (Wildman–Crippen MR) is 177 cm³/mol. The fourth-order valence-electron chi connectivity index (χ4n) is 7.54. The molecule has 0 radical (unpaired) electrons. The van der Waals surface area contributed by atoms with Crippen LogP contribution in [0.4, 0.5) is 0 Å². The molecule has 0 heterocycles. The first-order chi connectivity index (χ1) is 20.5. The van der Waals surface area contributed by atoms with E-state index in [1.807, 2.05) is 12.1 Å². The van der Waals surface area contributed by atoms with Crippen molar-refractivity contribution in [1.82, 2.24) is 0 Å². The zero-order valence-electron chi connectivity index (χ0n) is 25.1. The Morgan fingerprint density at radius 2 is 1.79 bits per heavy atom. The van der Waals surface area contributed by atoms with E-state index in [4.69, 9.17) is 4.99 Å². The zero-order chi connectivity index (χ0) is 28.8. The van der Waals surface area contributed by atoms with Crippen molar-refractivity contribution < 1.29 is 0 Å². The maximum atomic E-state index is 5.42. The molecule has 3 aromatic carbocycles. The van der Waals surface area contributed by atoms with Gasteiger partial charge in [-0.05, 0) is 113 Å². The fraction of sp³-hybridized carbons (Fsp3) is 0.244. The highest BCUT2D eigenvalue weighted by molar-refractivity contribution is 6.04. The molecule has 0 aliphatic heterocycles. The predicted octanol–water partition coefficient (Wildman–Crippen LogP) is 10.5. The molecule has 1 atom stereocenters. The first-order valence-corrected chi connectivity index (χ1v) is 15.3. The monoisotopic (exact) mass is 543 g/mol. The highest BCUT2D eigenvalue weighted by atomic mass is 14.8. The van der Waals surface area contributed by atoms with Gasteiger partial charge in [0.1, 0.15) is 0 Å². The Balaban J connectivity index is 1.39. The third-order valence-corrected chi connectivity index (χ3v) is 9.46. The first kappa shape index (κ1) is 26.5. The van der Waals surface area contributed by atoms with Crippen LogP contribution in [-0.2, 0) is 5.41 Å². The van der Waals surface area contributed by atoms with Gasteiger partial charge in [0.05, 0.1) is 11.3 Å². The minimum Gasteiger partial charge on any atom is -0.256 e. The second kappa shape index (κ2) is 10.5. The Morgan fingerprint density at radius 3 is 2.57 bits per heavy atom. The van der Waals surface area contributed by atoms with Crippen LogP contribution in [0.25, 0.3) is 22.4 Å². The van der Waals surface area contributed by atoms with Crippen molar-refractivity contribution in [3.05, 3.63) is 154 Å². The summed E-state index contributed by atoms with van der Waals surface area (Å²) in [7, 11) is 0. The van der Waals surface area contributed by atoms with Gasteiger partial charge in [-0.3, -0.25) is 4.99 Å². The summed E-state index contributed by atoms with van der Waals surface area (Å²) in [4.78, 5) is 5.42. The Bertz CT molecular complexity index is 1800. The second-order valence-electron chi connectivity index (χ2n) is 12.3. The largest absolute Gasteiger partial charge is 0.256 e. The highest BCUT2D eigenvalue weighted by Crippen LogP contribution is 2.58. The molecule has 0 bridgehead atoms. The van der Waals surface area contributed by atoms with Gasteiger partial charge < -0.3 is 0 Å². The Hall–Kier alpha value is -4.41. The molecule has 1 nitrogen and oxygen atoms in total. The summed E-state index contributed by atoms with van der Waals surface area (Å²) in [5, 5.41) is 0. The number of fused-ring (bicyclic) bond motifs is 6. The van der Waals surface area contributed by atoms with Gasteiger partial charge in [0.25, 0.3) is 0 Å². The van der Waals surface area contributed by atoms with Gasteiger partial charge in [-0.25, -0.2) is 0 Å². The van der Waals surface area contributed by atoms with E-state index in [-0.39, 0.29) is 11.3 Å². The van der Waals surface area contributed by atoms with Gasteiger partial charge in [-0.2, -0.15) is 0 Å². The maximum Gasteiger partial charge on any atom is 0.0791 e. The average molecular weight is 544 g/mol. The van der Waals surface area contributed by atoms with Gasteiger partial charge in [-0.15, -0.1) is 0 Å². The van der Waals surface area contributed by atoms with Crippen LogP contribution in [0.15, 0.2) is 119 Å². The lowest BCUT2D eigenvalue weighted by atomic mass is 9.76. The van der Waals surface area contributed by atoms with Crippen LogP contribution in [0.5, 0.6) is 0 Å². The smallest absolute Gasteiger partial charge is 0.0791 e. The normalized spacial score (nSPS) is 20.5. The quantitative estimate of drug-likeness (QED) is 0.224. The molecule has 4 aliphatic carbocycles. The lowest BCUT2D eigenvalue weighted by Crippen LogP contribution is -2.18. The molecule has 42 heavy (non-hydrogen) atoms. The number of hydrogen-bond donors (Lipinski definition) is 0. The van der Waals surface area contributed by atoms with E-state index in [1.165, 1.54) is 55.7 Å². The van der Waals surface area contributed by atoms with Crippen molar-refractivity contribution in [1.29, 1.82) is 0 Å². The van der Waals surface area contributed by atoms with Crippen molar-refractivity contribution >= 4 is 17.0 Å². The number of allylic oxidation sites excluding steroid dienone is 11. The van der Waals surface area contributed by atoms with E-state index in [2.05, 4.69) is 125 Å². The molecule has 0 saturated carbocycles. The molecule has 4 aliphatic rings. The maximum absolute atomic E-state index is 5.42. The molecule has 7 rings (SSSR count). The molecule has 1 unspecified atom stereocenters.